The second-order valence-electron chi connectivity index (χ2n) is 5.13. The Labute approximate surface area is 108 Å². The predicted octanol–water partition coefficient (Wildman–Crippen LogP) is 4.60. The largest absolute Gasteiger partial charge is 0.349 e. The van der Waals surface area contributed by atoms with E-state index in [2.05, 4.69) is 12.2 Å². The first-order valence-electron chi connectivity index (χ1n) is 7.26. The first-order valence-corrected chi connectivity index (χ1v) is 7.26. The van der Waals surface area contributed by atoms with E-state index in [9.17, 15) is 4.79 Å². The number of carbonyl (C=O) groups excluding carboxylic acids is 1. The Morgan fingerprint density at radius 3 is 1.76 bits per heavy atom. The van der Waals surface area contributed by atoms with E-state index in [1.807, 2.05) is 13.8 Å². The van der Waals surface area contributed by atoms with Crippen LogP contribution in [0.3, 0.4) is 0 Å². The third kappa shape index (κ3) is 13.4. The Kier molecular flexibility index (Phi) is 11.6. The Hall–Kier alpha value is -0.530. The van der Waals surface area contributed by atoms with Gasteiger partial charge in [-0.05, 0) is 20.3 Å². The van der Waals surface area contributed by atoms with Crippen LogP contribution in [0.4, 0.5) is 0 Å². The molecule has 0 aliphatic heterocycles. The SMILES string of the molecule is CCCCCCCCCCCC(=O)N[C](C)C. The van der Waals surface area contributed by atoms with Crippen molar-refractivity contribution >= 4 is 5.91 Å². The first kappa shape index (κ1) is 16.5. The second kappa shape index (κ2) is 11.9. The zero-order chi connectivity index (χ0) is 12.9. The molecule has 0 aliphatic carbocycles. The molecule has 101 valence electrons. The van der Waals surface area contributed by atoms with Crippen molar-refractivity contribution in [2.24, 2.45) is 0 Å². The Balaban J connectivity index is 3.10. The summed E-state index contributed by atoms with van der Waals surface area (Å²) >= 11 is 0. The molecule has 17 heavy (non-hydrogen) atoms. The summed E-state index contributed by atoms with van der Waals surface area (Å²) in [5, 5.41) is 2.85. The van der Waals surface area contributed by atoms with Crippen LogP contribution in [0.25, 0.3) is 0 Å². The van der Waals surface area contributed by atoms with Crippen molar-refractivity contribution in [2.75, 3.05) is 0 Å². The molecule has 0 heterocycles. The van der Waals surface area contributed by atoms with Crippen molar-refractivity contribution in [1.29, 1.82) is 0 Å². The minimum absolute atomic E-state index is 0.174. The lowest BCUT2D eigenvalue weighted by molar-refractivity contribution is -0.120. The topological polar surface area (TPSA) is 29.1 Å². The molecule has 2 nitrogen and oxygen atoms in total. The molecule has 0 unspecified atom stereocenters. The maximum atomic E-state index is 11.3. The number of carbonyl (C=O) groups is 1. The van der Waals surface area contributed by atoms with Crippen LogP contribution >= 0.6 is 0 Å². The molecule has 0 spiro atoms. The summed E-state index contributed by atoms with van der Waals surface area (Å²) in [5.41, 5.74) is 0. The van der Waals surface area contributed by atoms with E-state index in [1.54, 1.807) is 0 Å². The summed E-state index contributed by atoms with van der Waals surface area (Å²) in [6.45, 7) is 6.10. The van der Waals surface area contributed by atoms with Crippen LogP contribution in [-0.4, -0.2) is 5.91 Å². The summed E-state index contributed by atoms with van der Waals surface area (Å²) in [6.07, 6.45) is 12.4. The molecule has 0 aliphatic rings. The number of hydrogen-bond donors (Lipinski definition) is 1. The molecule has 1 radical (unpaired) electrons. The Morgan fingerprint density at radius 1 is 0.824 bits per heavy atom. The van der Waals surface area contributed by atoms with Crippen LogP contribution in [0, 0.1) is 6.04 Å². The fraction of sp³-hybridized carbons (Fsp3) is 0.867. The van der Waals surface area contributed by atoms with Gasteiger partial charge in [0.1, 0.15) is 0 Å². The van der Waals surface area contributed by atoms with Gasteiger partial charge in [-0.25, -0.2) is 0 Å². The lowest BCUT2D eigenvalue weighted by Crippen LogP contribution is -2.24. The molecular formula is C15H30NO. The molecule has 0 aromatic rings. The number of amides is 1. The second-order valence-corrected chi connectivity index (χ2v) is 5.13. The average molecular weight is 240 g/mol. The summed E-state index contributed by atoms with van der Waals surface area (Å²) in [6, 6.07) is 0.992. The van der Waals surface area contributed by atoms with Gasteiger partial charge in [-0.2, -0.15) is 0 Å². The lowest BCUT2D eigenvalue weighted by Gasteiger charge is -2.07. The van der Waals surface area contributed by atoms with E-state index in [-0.39, 0.29) is 5.91 Å². The number of hydrogen-bond acceptors (Lipinski definition) is 1. The highest BCUT2D eigenvalue weighted by molar-refractivity contribution is 5.76. The van der Waals surface area contributed by atoms with Gasteiger partial charge in [0.2, 0.25) is 5.91 Å². The zero-order valence-corrected chi connectivity index (χ0v) is 12.0. The van der Waals surface area contributed by atoms with Crippen molar-refractivity contribution < 1.29 is 4.79 Å². The third-order valence-corrected chi connectivity index (χ3v) is 2.90. The summed E-state index contributed by atoms with van der Waals surface area (Å²) < 4.78 is 0. The molecule has 0 aromatic carbocycles. The molecule has 0 saturated heterocycles. The van der Waals surface area contributed by atoms with Crippen LogP contribution < -0.4 is 5.32 Å². The van der Waals surface area contributed by atoms with E-state index in [4.69, 9.17) is 0 Å². The number of unbranched alkanes of at least 4 members (excludes halogenated alkanes) is 8. The quantitative estimate of drug-likeness (QED) is 0.526. The standard InChI is InChI=1S/C15H30NO/c1-4-5-6-7-8-9-10-11-12-13-15(17)16-14(2)3/h4-13H2,1-3H3,(H,16,17). The highest BCUT2D eigenvalue weighted by Gasteiger charge is 2.02. The molecule has 0 saturated carbocycles. The van der Waals surface area contributed by atoms with Gasteiger partial charge >= 0.3 is 0 Å². The predicted molar refractivity (Wildman–Crippen MR) is 74.6 cm³/mol. The van der Waals surface area contributed by atoms with E-state index < -0.39 is 0 Å². The smallest absolute Gasteiger partial charge is 0.220 e. The molecule has 1 N–H and O–H groups in total. The number of nitrogens with one attached hydrogen (secondary N) is 1. The third-order valence-electron chi connectivity index (χ3n) is 2.90. The van der Waals surface area contributed by atoms with Crippen LogP contribution in [0.2, 0.25) is 0 Å². The van der Waals surface area contributed by atoms with Gasteiger partial charge in [-0.1, -0.05) is 58.3 Å². The van der Waals surface area contributed by atoms with Gasteiger partial charge in [0.15, 0.2) is 0 Å². The zero-order valence-electron chi connectivity index (χ0n) is 12.0. The van der Waals surface area contributed by atoms with Gasteiger partial charge in [-0.15, -0.1) is 0 Å². The molecule has 0 aromatic heterocycles. The molecule has 0 atom stereocenters. The van der Waals surface area contributed by atoms with Gasteiger partial charge in [0.25, 0.3) is 0 Å². The van der Waals surface area contributed by atoms with Gasteiger partial charge in [0.05, 0.1) is 6.04 Å². The average Bonchev–Trinajstić information content (AvgIpc) is 2.26. The van der Waals surface area contributed by atoms with Crippen molar-refractivity contribution in [2.45, 2.75) is 85.0 Å². The highest BCUT2D eigenvalue weighted by atomic mass is 16.1. The van der Waals surface area contributed by atoms with Crippen molar-refractivity contribution in [1.82, 2.24) is 5.32 Å². The fourth-order valence-corrected chi connectivity index (χ4v) is 1.94. The molecular weight excluding hydrogens is 210 g/mol. The summed E-state index contributed by atoms with van der Waals surface area (Å²) in [5.74, 6) is 0.174. The molecule has 0 rings (SSSR count). The van der Waals surface area contributed by atoms with E-state index in [1.165, 1.54) is 51.4 Å². The number of rotatable bonds is 11. The fourth-order valence-electron chi connectivity index (χ4n) is 1.94. The van der Waals surface area contributed by atoms with Gasteiger partial charge < -0.3 is 5.32 Å². The molecule has 0 bridgehead atoms. The van der Waals surface area contributed by atoms with Gasteiger partial charge in [-0.3, -0.25) is 4.79 Å². The van der Waals surface area contributed by atoms with Crippen molar-refractivity contribution in [3.8, 4) is 0 Å². The van der Waals surface area contributed by atoms with Crippen LogP contribution in [0.15, 0.2) is 0 Å². The maximum Gasteiger partial charge on any atom is 0.220 e. The first-order chi connectivity index (χ1) is 8.16. The minimum atomic E-state index is 0.174. The van der Waals surface area contributed by atoms with Crippen LogP contribution in [-0.2, 0) is 4.79 Å². The van der Waals surface area contributed by atoms with Crippen LogP contribution in [0.5, 0.6) is 0 Å². The molecule has 0 fully saturated rings. The monoisotopic (exact) mass is 240 g/mol. The Morgan fingerprint density at radius 2 is 1.29 bits per heavy atom. The lowest BCUT2D eigenvalue weighted by atomic mass is 10.1. The summed E-state index contributed by atoms with van der Waals surface area (Å²) in [7, 11) is 0. The van der Waals surface area contributed by atoms with Gasteiger partial charge in [0, 0.05) is 6.42 Å². The maximum absolute atomic E-state index is 11.3. The minimum Gasteiger partial charge on any atom is -0.349 e. The normalized spacial score (nSPS) is 10.8. The van der Waals surface area contributed by atoms with E-state index >= 15 is 0 Å². The highest BCUT2D eigenvalue weighted by Crippen LogP contribution is 2.10. The van der Waals surface area contributed by atoms with Crippen LogP contribution in [0.1, 0.15) is 85.0 Å². The molecule has 1 amide bonds. The summed E-state index contributed by atoms with van der Waals surface area (Å²) in [4.78, 5) is 11.3. The molecule has 2 heteroatoms. The Bertz CT molecular complexity index is 178. The van der Waals surface area contributed by atoms with Crippen molar-refractivity contribution in [3.63, 3.8) is 0 Å². The van der Waals surface area contributed by atoms with E-state index in [0.717, 1.165) is 12.5 Å². The van der Waals surface area contributed by atoms with E-state index in [0.29, 0.717) is 6.42 Å². The van der Waals surface area contributed by atoms with Crippen molar-refractivity contribution in [3.05, 3.63) is 6.04 Å².